The molecule has 2 N–H and O–H groups in total. The average Bonchev–Trinajstić information content (AvgIpc) is 2.79. The normalized spacial score (nSPS) is 12.1. The number of carbonyl (C=O) groups is 2. The van der Waals surface area contributed by atoms with Gasteiger partial charge in [-0.2, -0.15) is 0 Å². The summed E-state index contributed by atoms with van der Waals surface area (Å²) in [6, 6.07) is 13.8. The van der Waals surface area contributed by atoms with E-state index < -0.39 is 5.97 Å². The minimum atomic E-state index is -0.933. The molecular weight excluding hydrogens is 400 g/mol. The Morgan fingerprint density at radius 1 is 1.06 bits per heavy atom. The highest BCUT2D eigenvalue weighted by molar-refractivity contribution is 5.94. The molecule has 0 radical (unpaired) electrons. The predicted octanol–water partition coefficient (Wildman–Crippen LogP) is 5.85. The number of hydrogen-bond donors (Lipinski definition) is 2. The van der Waals surface area contributed by atoms with E-state index in [1.165, 1.54) is 16.7 Å². The summed E-state index contributed by atoms with van der Waals surface area (Å²) in [7, 11) is 0. The lowest BCUT2D eigenvalue weighted by molar-refractivity contribution is -0.136. The summed E-state index contributed by atoms with van der Waals surface area (Å²) >= 11 is 0. The Kier molecular flexibility index (Phi) is 11.7. The number of carboxylic acids is 1. The molecule has 2 aromatic rings. The van der Waals surface area contributed by atoms with Crippen molar-refractivity contribution >= 4 is 18.1 Å². The maximum atomic E-state index is 12.2. The van der Waals surface area contributed by atoms with Gasteiger partial charge in [-0.15, -0.1) is 0 Å². The van der Waals surface area contributed by atoms with Crippen LogP contribution in [0, 0.1) is 13.8 Å². The molecule has 0 bridgehead atoms. The zero-order chi connectivity index (χ0) is 24.1. The van der Waals surface area contributed by atoms with Crippen LogP contribution >= 0.6 is 0 Å². The molecule has 1 unspecified atom stereocenters. The van der Waals surface area contributed by atoms with Crippen molar-refractivity contribution in [3.63, 3.8) is 0 Å². The second-order valence-electron chi connectivity index (χ2n) is 7.24. The lowest BCUT2D eigenvalue weighted by atomic mass is 9.85. The van der Waals surface area contributed by atoms with Crippen LogP contribution in [-0.2, 0) is 11.2 Å². The van der Waals surface area contributed by atoms with Gasteiger partial charge < -0.3 is 10.4 Å². The molecule has 0 saturated heterocycles. The monoisotopic (exact) mass is 436 g/mol. The molecule has 0 aliphatic carbocycles. The van der Waals surface area contributed by atoms with Gasteiger partial charge in [0, 0.05) is 29.9 Å². The largest absolute Gasteiger partial charge is 0.481 e. The lowest BCUT2D eigenvalue weighted by Gasteiger charge is -2.21. The first kappa shape index (κ1) is 26.8. The van der Waals surface area contributed by atoms with Gasteiger partial charge in [0.2, 0.25) is 0 Å². The number of aliphatic carboxylic acids is 1. The maximum Gasteiger partial charge on any atom is 0.305 e. The Balaban J connectivity index is 0.00000249. The van der Waals surface area contributed by atoms with Crippen molar-refractivity contribution in [2.24, 2.45) is 4.99 Å². The molecule has 0 saturated carbocycles. The Labute approximate surface area is 192 Å². The fourth-order valence-electron chi connectivity index (χ4n) is 3.45. The van der Waals surface area contributed by atoms with Crippen LogP contribution < -0.4 is 5.32 Å². The molecule has 0 fully saturated rings. The van der Waals surface area contributed by atoms with Gasteiger partial charge in [-0.1, -0.05) is 50.3 Å². The highest BCUT2D eigenvalue weighted by Crippen LogP contribution is 2.32. The molecule has 32 heavy (non-hydrogen) atoms. The van der Waals surface area contributed by atoms with Crippen LogP contribution in [0.5, 0.6) is 0 Å². The predicted molar refractivity (Wildman–Crippen MR) is 133 cm³/mol. The van der Waals surface area contributed by atoms with Gasteiger partial charge in [-0.25, -0.2) is 0 Å². The fourth-order valence-corrected chi connectivity index (χ4v) is 3.45. The van der Waals surface area contributed by atoms with Crippen LogP contribution in [0.1, 0.15) is 72.6 Å². The number of aryl methyl sites for hydroxylation is 1. The first-order valence-corrected chi connectivity index (χ1v) is 11.2. The molecule has 0 spiro atoms. The molecule has 0 aliphatic heterocycles. The fraction of sp³-hybridized carbons (Fsp3) is 0.370. The highest BCUT2D eigenvalue weighted by Gasteiger charge is 2.19. The number of nitrogens with zero attached hydrogens (tertiary/aromatic N) is 1. The Hall–Kier alpha value is -3.21. The van der Waals surface area contributed by atoms with E-state index in [4.69, 9.17) is 5.11 Å². The molecule has 1 atom stereocenters. The minimum absolute atomic E-state index is 0.0918. The topological polar surface area (TPSA) is 78.8 Å². The number of benzene rings is 2. The van der Waals surface area contributed by atoms with E-state index in [2.05, 4.69) is 48.4 Å². The van der Waals surface area contributed by atoms with Gasteiger partial charge in [-0.3, -0.25) is 14.6 Å². The van der Waals surface area contributed by atoms with Crippen molar-refractivity contribution in [3.8, 4) is 0 Å². The third kappa shape index (κ3) is 7.80. The van der Waals surface area contributed by atoms with Crippen molar-refractivity contribution in [1.82, 2.24) is 5.32 Å². The summed E-state index contributed by atoms with van der Waals surface area (Å²) in [5.41, 5.74) is 6.41. The maximum absolute atomic E-state index is 12.2. The standard InChI is InChI=1S/C25H30N2O3.C2H6/c1-5-23(26-6-2)22(21-9-7-8-17(3)18(21)4)16-19-10-12-20(13-11-19)25(30)27-15-14-24(28)29;1-2/h5-13,22H,14-16H2,1-4H3,(H,27,30)(H,28,29);1-2H3/b23-5-,26-6?;. The van der Waals surface area contributed by atoms with Crippen molar-refractivity contribution in [1.29, 1.82) is 0 Å². The van der Waals surface area contributed by atoms with E-state index in [0.717, 1.165) is 17.7 Å². The van der Waals surface area contributed by atoms with Crippen LogP contribution in [0.15, 0.2) is 59.2 Å². The van der Waals surface area contributed by atoms with Gasteiger partial charge in [0.05, 0.1) is 6.42 Å². The Morgan fingerprint density at radius 3 is 2.28 bits per heavy atom. The number of rotatable bonds is 9. The van der Waals surface area contributed by atoms with Crippen LogP contribution in [-0.4, -0.2) is 29.7 Å². The van der Waals surface area contributed by atoms with Crippen molar-refractivity contribution < 1.29 is 14.7 Å². The number of amides is 1. The first-order chi connectivity index (χ1) is 15.4. The van der Waals surface area contributed by atoms with E-state index in [9.17, 15) is 9.59 Å². The Bertz CT molecular complexity index is 944. The smallest absolute Gasteiger partial charge is 0.305 e. The van der Waals surface area contributed by atoms with Gasteiger partial charge >= 0.3 is 5.97 Å². The van der Waals surface area contributed by atoms with Gasteiger partial charge in [0.1, 0.15) is 0 Å². The molecule has 172 valence electrons. The number of aliphatic imine (C=N–C) groups is 1. The summed E-state index contributed by atoms with van der Waals surface area (Å²) in [6.45, 7) is 12.3. The zero-order valence-corrected chi connectivity index (χ0v) is 20.1. The van der Waals surface area contributed by atoms with Gasteiger partial charge in [0.25, 0.3) is 5.91 Å². The van der Waals surface area contributed by atoms with E-state index in [-0.39, 0.29) is 24.8 Å². The first-order valence-electron chi connectivity index (χ1n) is 11.2. The number of carbonyl (C=O) groups excluding carboxylic acids is 1. The van der Waals surface area contributed by atoms with Crippen molar-refractivity contribution in [3.05, 3.63) is 82.1 Å². The van der Waals surface area contributed by atoms with Crippen LogP contribution in [0.25, 0.3) is 0 Å². The second kappa shape index (κ2) is 14.0. The molecule has 1 amide bonds. The third-order valence-electron chi connectivity index (χ3n) is 5.23. The van der Waals surface area contributed by atoms with Gasteiger partial charge in [-0.05, 0) is 68.5 Å². The van der Waals surface area contributed by atoms with E-state index in [1.807, 2.05) is 46.0 Å². The summed E-state index contributed by atoms with van der Waals surface area (Å²) in [4.78, 5) is 27.4. The van der Waals surface area contributed by atoms with Crippen molar-refractivity contribution in [2.45, 2.75) is 60.3 Å². The minimum Gasteiger partial charge on any atom is -0.481 e. The second-order valence-corrected chi connectivity index (χ2v) is 7.24. The number of allylic oxidation sites excluding steroid dienone is 2. The molecule has 0 aliphatic rings. The number of hydrogen-bond acceptors (Lipinski definition) is 3. The van der Waals surface area contributed by atoms with E-state index in [0.29, 0.717) is 5.56 Å². The quantitative estimate of drug-likeness (QED) is 0.484. The van der Waals surface area contributed by atoms with Crippen LogP contribution in [0.4, 0.5) is 0 Å². The molecule has 5 nitrogen and oxygen atoms in total. The summed E-state index contributed by atoms with van der Waals surface area (Å²) in [5.74, 6) is -1.09. The lowest BCUT2D eigenvalue weighted by Crippen LogP contribution is -2.25. The molecular formula is C27H36N2O3. The Morgan fingerprint density at radius 2 is 1.72 bits per heavy atom. The zero-order valence-electron chi connectivity index (χ0n) is 20.1. The molecule has 2 aromatic carbocycles. The molecule has 5 heteroatoms. The van der Waals surface area contributed by atoms with Crippen LogP contribution in [0.2, 0.25) is 0 Å². The molecule has 2 rings (SSSR count). The summed E-state index contributed by atoms with van der Waals surface area (Å²) in [6.07, 6.45) is 4.54. The van der Waals surface area contributed by atoms with Gasteiger partial charge in [0.15, 0.2) is 0 Å². The SMILES string of the molecule is CC.CC=N/C(=C\C)C(Cc1ccc(C(=O)NCCC(=O)O)cc1)c1cccc(C)c1C. The third-order valence-corrected chi connectivity index (χ3v) is 5.23. The summed E-state index contributed by atoms with van der Waals surface area (Å²) in [5, 5.41) is 11.3. The van der Waals surface area contributed by atoms with E-state index in [1.54, 1.807) is 12.1 Å². The number of nitrogens with one attached hydrogen (secondary N) is 1. The van der Waals surface area contributed by atoms with Crippen LogP contribution in [0.3, 0.4) is 0 Å². The molecule has 0 heterocycles. The molecule has 0 aromatic heterocycles. The average molecular weight is 437 g/mol. The van der Waals surface area contributed by atoms with E-state index >= 15 is 0 Å². The van der Waals surface area contributed by atoms with Crippen molar-refractivity contribution in [2.75, 3.05) is 6.54 Å². The number of carboxylic acid groups (broad SMARTS) is 1. The highest BCUT2D eigenvalue weighted by atomic mass is 16.4. The summed E-state index contributed by atoms with van der Waals surface area (Å²) < 4.78 is 0.